The molecule has 0 unspecified atom stereocenters. The maximum Gasteiger partial charge on any atom is 0.212 e. The summed E-state index contributed by atoms with van der Waals surface area (Å²) in [7, 11) is 8.42. The Kier molecular flexibility index (Phi) is 20.2. The van der Waals surface area contributed by atoms with Crippen molar-refractivity contribution >= 4 is 0 Å². The zero-order valence-corrected chi connectivity index (χ0v) is 71.8. The van der Waals surface area contributed by atoms with Crippen LogP contribution in [0.25, 0.3) is 89.5 Å². The monoisotopic (exact) mass is 1540 g/mol. The van der Waals surface area contributed by atoms with E-state index in [4.69, 9.17) is 18.9 Å². The average Bonchev–Trinajstić information content (AvgIpc) is 1.53. The Labute approximate surface area is 691 Å². The molecule has 4 aliphatic heterocycles. The molecule has 8 nitrogen and oxygen atoms in total. The summed E-state index contributed by atoms with van der Waals surface area (Å²) in [6.07, 6.45) is 28.7. The maximum atomic E-state index is 6.77. The Hall–Kier alpha value is -10.4. The van der Waals surface area contributed by atoms with E-state index in [2.05, 4.69) is 373 Å². The van der Waals surface area contributed by atoms with Crippen LogP contribution in [0.2, 0.25) is 0 Å². The minimum absolute atomic E-state index is 0.0254. The summed E-state index contributed by atoms with van der Waals surface area (Å²) in [4.78, 5) is 0. The number of hydrogen-bond donors (Lipinski definition) is 0. The molecule has 12 aromatic rings. The highest BCUT2D eigenvalue weighted by Gasteiger charge is 2.63. The van der Waals surface area contributed by atoms with E-state index < -0.39 is 0 Å². The van der Waals surface area contributed by atoms with Crippen LogP contribution in [-0.4, -0.2) is 22.4 Å². The number of rotatable bonds is 8. The third kappa shape index (κ3) is 13.5. The van der Waals surface area contributed by atoms with Gasteiger partial charge in [0.05, 0.1) is 0 Å². The minimum atomic E-state index is -0.134. The van der Waals surface area contributed by atoms with Gasteiger partial charge in [0.1, 0.15) is 73.6 Å². The first-order valence-electron chi connectivity index (χ1n) is 43.2. The fourth-order valence-electron chi connectivity index (χ4n) is 21.8. The number of hydrogen-bond acceptors (Lipinski definition) is 4. The van der Waals surface area contributed by atoms with Gasteiger partial charge in [0.25, 0.3) is 0 Å². The second-order valence-corrected chi connectivity index (χ2v) is 37.4. The largest absolute Gasteiger partial charge is 0.487 e. The lowest BCUT2D eigenvalue weighted by Gasteiger charge is -2.43. The van der Waals surface area contributed by atoms with E-state index in [-0.39, 0.29) is 44.1 Å². The molecule has 4 aliphatic carbocycles. The van der Waals surface area contributed by atoms with Crippen molar-refractivity contribution in [2.75, 3.05) is 0 Å². The van der Waals surface area contributed by atoms with E-state index in [1.807, 2.05) is 0 Å². The normalized spacial score (nSPS) is 18.6. The lowest BCUT2D eigenvalue weighted by Crippen LogP contribution is -2.49. The summed E-state index contributed by atoms with van der Waals surface area (Å²) < 4.78 is 35.0. The molecule has 4 spiro atoms. The van der Waals surface area contributed by atoms with Crippen molar-refractivity contribution < 1.29 is 37.2 Å². The Bertz CT molecular complexity index is 5770. The Morgan fingerprint density at radius 1 is 0.241 bits per heavy atom. The quantitative estimate of drug-likeness (QED) is 0.142. The standard InChI is InChI=1S/2C28H32NO.C27H30NO.C25H26NO/c1-20-11-12-21(18-23(20)25-10-6-9-17-29(25)4)22-13-14-24-26(19-22)30-27(2,3)28(24)15-7-5-8-16-28;1-20-11-12-21(18-23(20)25-10-6-9-17-29(25)4)22-13-14-24-26(19-22)30-28(27(24,2)3)15-7-5-8-16-28;1-19-10-11-20(17-22(19)24-9-5-8-16-28(24)4)21-12-13-23-25(18-21)29-26(2,3)27(23)14-6-7-15-27;1-17-8-9-18(15-20(17)22-7-5-6-14-26(22)4)19-10-11-21-23(16-19)27-24(2,3)25(21)12-13-25/h2*6,9-14,17-19H,5,7-8,15-16H2,1-4H3;5,8-13,16-18H,6-7,14-15H2,1-4H3;5-11,14-16H,12-13H2,1-4H3/q4*+1. The maximum absolute atomic E-state index is 6.77. The van der Waals surface area contributed by atoms with Crippen LogP contribution in [0.1, 0.15) is 203 Å². The van der Waals surface area contributed by atoms with Gasteiger partial charge in [-0.2, -0.15) is 0 Å². The van der Waals surface area contributed by atoms with E-state index in [0.29, 0.717) is 0 Å². The van der Waals surface area contributed by atoms with Crippen LogP contribution in [-0.2, 0) is 49.9 Å². The highest BCUT2D eigenvalue weighted by Crippen LogP contribution is 2.65. The van der Waals surface area contributed by atoms with E-state index in [1.165, 1.54) is 237 Å². The SMILES string of the molecule is Cc1ccc(-c2ccc3c(c2)OC(C)(C)C32CC2)cc1-c1cccc[n+]1C.Cc1ccc(-c2ccc3c(c2)OC(C)(C)C32CCCC2)cc1-c1cccc[n+]1C.Cc1ccc(-c2ccc3c(c2)OC(C)(C)C32CCCCC2)cc1-c1cccc[n+]1C.Cc1ccc(-c2ccc3c(c2)OC2(CCCCC2)C3(C)C)cc1-c1cccc[n+]1C. The minimum Gasteiger partial charge on any atom is -0.487 e. The topological polar surface area (TPSA) is 52.4 Å². The first kappa shape index (κ1) is 78.1. The van der Waals surface area contributed by atoms with Crippen LogP contribution in [0.4, 0.5) is 0 Å². The van der Waals surface area contributed by atoms with Gasteiger partial charge in [-0.15, -0.1) is 0 Å². The third-order valence-electron chi connectivity index (χ3n) is 29.3. The number of fused-ring (bicyclic) bond motifs is 7. The summed E-state index contributed by atoms with van der Waals surface area (Å²) >= 11 is 0. The summed E-state index contributed by atoms with van der Waals surface area (Å²) in [5, 5.41) is 0. The smallest absolute Gasteiger partial charge is 0.212 e. The molecule has 20 rings (SSSR count). The highest BCUT2D eigenvalue weighted by molar-refractivity contribution is 5.79. The molecule has 592 valence electrons. The van der Waals surface area contributed by atoms with Crippen molar-refractivity contribution in [3.63, 3.8) is 0 Å². The third-order valence-corrected chi connectivity index (χ3v) is 29.3. The van der Waals surface area contributed by atoms with Crippen LogP contribution in [0.5, 0.6) is 23.0 Å². The van der Waals surface area contributed by atoms with E-state index in [0.717, 1.165) is 23.0 Å². The molecule has 0 atom stereocenters. The summed E-state index contributed by atoms with van der Waals surface area (Å²) in [6.45, 7) is 27.1. The van der Waals surface area contributed by atoms with Gasteiger partial charge in [-0.3, -0.25) is 0 Å². The Morgan fingerprint density at radius 3 is 0.767 bits per heavy atom. The fourth-order valence-corrected chi connectivity index (χ4v) is 21.8. The van der Waals surface area contributed by atoms with E-state index >= 15 is 0 Å². The molecular weight excluding hydrogens is 1420 g/mol. The van der Waals surface area contributed by atoms with Crippen LogP contribution in [0.15, 0.2) is 243 Å². The number of benzene rings is 8. The summed E-state index contributed by atoms with van der Waals surface area (Å²) in [5.41, 5.74) is 31.0. The predicted molar refractivity (Wildman–Crippen MR) is 472 cm³/mol. The van der Waals surface area contributed by atoms with Crippen molar-refractivity contribution in [1.29, 1.82) is 0 Å². The van der Waals surface area contributed by atoms with Gasteiger partial charge in [0.15, 0.2) is 24.8 Å². The molecule has 0 N–H and O–H groups in total. The van der Waals surface area contributed by atoms with Gasteiger partial charge in [-0.05, 0) is 273 Å². The molecule has 8 aromatic carbocycles. The predicted octanol–water partition coefficient (Wildman–Crippen LogP) is 24.5. The Morgan fingerprint density at radius 2 is 0.483 bits per heavy atom. The van der Waals surface area contributed by atoms with E-state index in [9.17, 15) is 0 Å². The number of pyridine rings is 4. The fraction of sp³-hybridized carbons (Fsp3) is 0.370. The van der Waals surface area contributed by atoms with Crippen LogP contribution in [0, 0.1) is 27.7 Å². The zero-order chi connectivity index (χ0) is 80.9. The van der Waals surface area contributed by atoms with Gasteiger partial charge >= 0.3 is 0 Å². The molecule has 0 bridgehead atoms. The molecule has 8 heteroatoms. The number of ether oxygens (including phenoxy) is 4. The molecule has 116 heavy (non-hydrogen) atoms. The second-order valence-electron chi connectivity index (χ2n) is 37.4. The van der Waals surface area contributed by atoms with Crippen molar-refractivity contribution in [3.05, 3.63) is 288 Å². The first-order chi connectivity index (χ1) is 55.6. The first-order valence-corrected chi connectivity index (χ1v) is 43.2. The highest BCUT2D eigenvalue weighted by atomic mass is 16.5. The van der Waals surface area contributed by atoms with Crippen LogP contribution < -0.4 is 37.2 Å². The summed E-state index contributed by atoms with van der Waals surface area (Å²) in [5.74, 6) is 4.34. The van der Waals surface area contributed by atoms with E-state index in [1.54, 1.807) is 0 Å². The molecule has 4 fully saturated rings. The van der Waals surface area contributed by atoms with Crippen molar-refractivity contribution in [2.45, 2.75) is 230 Å². The molecule has 4 aromatic heterocycles. The zero-order valence-electron chi connectivity index (χ0n) is 71.8. The number of nitrogens with zero attached hydrogens (tertiary/aromatic N) is 4. The number of aryl methyl sites for hydroxylation is 8. The van der Waals surface area contributed by atoms with Gasteiger partial charge in [-0.25, -0.2) is 18.3 Å². The molecule has 0 radical (unpaired) electrons. The van der Waals surface area contributed by atoms with Gasteiger partial charge in [0, 0.05) is 115 Å². The Balaban J connectivity index is 0.000000111. The molecule has 8 heterocycles. The van der Waals surface area contributed by atoms with Crippen LogP contribution >= 0.6 is 0 Å². The van der Waals surface area contributed by atoms with Gasteiger partial charge in [-0.1, -0.05) is 149 Å². The molecule has 0 saturated heterocycles. The molecular formula is C108H120N4O4+4. The second kappa shape index (κ2) is 29.9. The van der Waals surface area contributed by atoms with Gasteiger partial charge < -0.3 is 18.9 Å². The van der Waals surface area contributed by atoms with Gasteiger partial charge in [0.2, 0.25) is 22.8 Å². The number of aromatic nitrogens is 4. The molecule has 8 aliphatic rings. The summed E-state index contributed by atoms with van der Waals surface area (Å²) in [6, 6.07) is 80.1. The lowest BCUT2D eigenvalue weighted by atomic mass is 9.62. The molecule has 4 saturated carbocycles. The van der Waals surface area contributed by atoms with Crippen LogP contribution in [0.3, 0.4) is 0 Å². The average molecular weight is 1540 g/mol. The van der Waals surface area contributed by atoms with Crippen molar-refractivity contribution in [2.24, 2.45) is 28.2 Å². The van der Waals surface area contributed by atoms with Crippen molar-refractivity contribution in [1.82, 2.24) is 0 Å². The van der Waals surface area contributed by atoms with Crippen molar-refractivity contribution in [3.8, 4) is 113 Å². The lowest BCUT2D eigenvalue weighted by molar-refractivity contribution is -0.660. The molecule has 0 amide bonds.